The first kappa shape index (κ1) is 21.2. The van der Waals surface area contributed by atoms with Crippen molar-refractivity contribution in [3.05, 3.63) is 71.8 Å². The predicted octanol–water partition coefficient (Wildman–Crippen LogP) is 3.90. The van der Waals surface area contributed by atoms with Crippen LogP contribution in [-0.4, -0.2) is 42.2 Å². The van der Waals surface area contributed by atoms with Crippen molar-refractivity contribution in [2.45, 2.75) is 19.5 Å². The molecular weight excluding hydrogens is 408 g/mol. The van der Waals surface area contributed by atoms with Gasteiger partial charge in [0, 0.05) is 13.6 Å². The number of pyridine rings is 1. The second-order valence-corrected chi connectivity index (χ2v) is 7.57. The van der Waals surface area contributed by atoms with Gasteiger partial charge in [-0.1, -0.05) is 30.3 Å². The van der Waals surface area contributed by atoms with Crippen molar-refractivity contribution in [3.63, 3.8) is 0 Å². The number of nitrogens with one attached hydrogen (secondary N) is 1. The van der Waals surface area contributed by atoms with Crippen molar-refractivity contribution >= 4 is 34.9 Å². The maximum absolute atomic E-state index is 12.8. The van der Waals surface area contributed by atoms with Gasteiger partial charge in [-0.3, -0.25) is 4.79 Å². The maximum atomic E-state index is 12.8. The van der Waals surface area contributed by atoms with Crippen molar-refractivity contribution in [3.8, 4) is 5.75 Å². The van der Waals surface area contributed by atoms with Crippen LogP contribution in [0.15, 0.2) is 60.7 Å². The molecule has 8 heteroatoms. The number of aromatic carboxylic acids is 1. The van der Waals surface area contributed by atoms with E-state index in [4.69, 9.17) is 9.72 Å². The quantitative estimate of drug-likeness (QED) is 0.610. The molecule has 1 aliphatic rings. The summed E-state index contributed by atoms with van der Waals surface area (Å²) in [4.78, 5) is 32.5. The Labute approximate surface area is 186 Å². The zero-order valence-electron chi connectivity index (χ0n) is 18.1. The number of hydrogen-bond donors (Lipinski definition) is 2. The summed E-state index contributed by atoms with van der Waals surface area (Å²) in [6.45, 7) is 2.42. The van der Waals surface area contributed by atoms with Gasteiger partial charge in [-0.2, -0.15) is 0 Å². The molecule has 0 saturated carbocycles. The fourth-order valence-electron chi connectivity index (χ4n) is 3.76. The van der Waals surface area contributed by atoms with Gasteiger partial charge in [0.15, 0.2) is 5.82 Å². The van der Waals surface area contributed by atoms with Crippen LogP contribution in [0.2, 0.25) is 0 Å². The van der Waals surface area contributed by atoms with Crippen LogP contribution in [0.5, 0.6) is 5.75 Å². The molecule has 4 rings (SSSR count). The van der Waals surface area contributed by atoms with Gasteiger partial charge < -0.3 is 25.0 Å². The van der Waals surface area contributed by atoms with Crippen LogP contribution in [0, 0.1) is 0 Å². The Balaban J connectivity index is 1.70. The average Bonchev–Trinajstić information content (AvgIpc) is 2.81. The van der Waals surface area contributed by atoms with Crippen LogP contribution in [0.1, 0.15) is 22.8 Å². The molecule has 2 aromatic carbocycles. The number of carboxylic acid groups (broad SMARTS) is 1. The number of carbonyl (C=O) groups excluding carboxylic acids is 1. The Morgan fingerprint density at radius 1 is 1.16 bits per heavy atom. The minimum absolute atomic E-state index is 0.00173. The lowest BCUT2D eigenvalue weighted by Gasteiger charge is -2.39. The van der Waals surface area contributed by atoms with E-state index in [0.29, 0.717) is 29.6 Å². The smallest absolute Gasteiger partial charge is 0.335 e. The van der Waals surface area contributed by atoms with E-state index in [0.717, 1.165) is 11.3 Å². The number of aromatic nitrogens is 1. The van der Waals surface area contributed by atoms with Gasteiger partial charge in [0.2, 0.25) is 5.91 Å². The third kappa shape index (κ3) is 3.94. The molecule has 0 aliphatic carbocycles. The molecule has 0 saturated heterocycles. The largest absolute Gasteiger partial charge is 0.495 e. The highest BCUT2D eigenvalue weighted by atomic mass is 16.5. The zero-order chi connectivity index (χ0) is 22.8. The Hall–Kier alpha value is -4.07. The van der Waals surface area contributed by atoms with Gasteiger partial charge in [-0.15, -0.1) is 0 Å². The minimum Gasteiger partial charge on any atom is -0.495 e. The number of nitrogens with zero attached hydrogens (tertiary/aromatic N) is 3. The highest BCUT2D eigenvalue weighted by Crippen LogP contribution is 2.37. The Morgan fingerprint density at radius 3 is 2.59 bits per heavy atom. The summed E-state index contributed by atoms with van der Waals surface area (Å²) in [5.41, 5.74) is 2.53. The highest BCUT2D eigenvalue weighted by Gasteiger charge is 2.34. The molecule has 0 unspecified atom stereocenters. The molecule has 164 valence electrons. The molecule has 32 heavy (non-hydrogen) atoms. The van der Waals surface area contributed by atoms with Gasteiger partial charge >= 0.3 is 5.97 Å². The summed E-state index contributed by atoms with van der Waals surface area (Å²) in [6, 6.07) is 17.8. The standard InChI is InChI=1S/C24H24N4O4/c1-15-23(29)27(2)19-11-12-21(25-18-10-9-17(24(30)31)13-20(18)32-3)26-22(19)28(15)14-16-7-5-4-6-8-16/h4-13,15H,14H2,1-3H3,(H,25,26)(H,30,31)/t15-/m1/s1. The second kappa shape index (κ2) is 8.58. The Morgan fingerprint density at radius 2 is 1.91 bits per heavy atom. The zero-order valence-corrected chi connectivity index (χ0v) is 18.1. The summed E-state index contributed by atoms with van der Waals surface area (Å²) in [5, 5.41) is 12.4. The van der Waals surface area contributed by atoms with Gasteiger partial charge in [-0.25, -0.2) is 9.78 Å². The molecule has 8 nitrogen and oxygen atoms in total. The number of anilines is 4. The van der Waals surface area contributed by atoms with Crippen molar-refractivity contribution < 1.29 is 19.4 Å². The molecule has 1 aliphatic heterocycles. The van der Waals surface area contributed by atoms with Gasteiger partial charge in [0.25, 0.3) is 0 Å². The van der Waals surface area contributed by atoms with Crippen molar-refractivity contribution in [2.75, 3.05) is 29.3 Å². The molecule has 0 bridgehead atoms. The van der Waals surface area contributed by atoms with E-state index in [2.05, 4.69) is 5.32 Å². The second-order valence-electron chi connectivity index (χ2n) is 7.57. The number of carboxylic acids is 1. The lowest BCUT2D eigenvalue weighted by molar-refractivity contribution is -0.119. The van der Waals surface area contributed by atoms with Crippen molar-refractivity contribution in [1.29, 1.82) is 0 Å². The van der Waals surface area contributed by atoms with E-state index in [9.17, 15) is 14.7 Å². The van der Waals surface area contributed by atoms with Crippen LogP contribution in [0.3, 0.4) is 0 Å². The van der Waals surface area contributed by atoms with Crippen LogP contribution < -0.4 is 19.9 Å². The van der Waals surface area contributed by atoms with Crippen LogP contribution in [0.25, 0.3) is 0 Å². The van der Waals surface area contributed by atoms with Gasteiger partial charge in [-0.05, 0) is 42.8 Å². The molecule has 3 aromatic rings. The van der Waals surface area contributed by atoms with Crippen LogP contribution >= 0.6 is 0 Å². The maximum Gasteiger partial charge on any atom is 0.335 e. The number of likely N-dealkylation sites (N-methyl/N-ethyl adjacent to an activating group) is 1. The molecule has 0 radical (unpaired) electrons. The molecule has 0 fully saturated rings. The summed E-state index contributed by atoms with van der Waals surface area (Å²) in [7, 11) is 3.23. The molecule has 1 amide bonds. The number of hydrogen-bond acceptors (Lipinski definition) is 6. The van der Waals surface area contributed by atoms with E-state index in [1.165, 1.54) is 19.2 Å². The third-order valence-corrected chi connectivity index (χ3v) is 5.55. The van der Waals surface area contributed by atoms with E-state index in [1.807, 2.05) is 48.2 Å². The molecule has 2 N–H and O–H groups in total. The number of methoxy groups -OCH3 is 1. The van der Waals surface area contributed by atoms with Crippen LogP contribution in [-0.2, 0) is 11.3 Å². The SMILES string of the molecule is COc1cc(C(=O)O)ccc1Nc1ccc2c(n1)N(Cc1ccccc1)[C@H](C)C(=O)N2C. The van der Waals surface area contributed by atoms with Gasteiger partial charge in [0.05, 0.1) is 24.0 Å². The minimum atomic E-state index is -1.03. The first-order chi connectivity index (χ1) is 15.4. The van der Waals surface area contributed by atoms with E-state index >= 15 is 0 Å². The monoisotopic (exact) mass is 432 g/mol. The number of fused-ring (bicyclic) bond motifs is 1. The van der Waals surface area contributed by atoms with E-state index < -0.39 is 5.97 Å². The topological polar surface area (TPSA) is 95.0 Å². The lowest BCUT2D eigenvalue weighted by atomic mass is 10.1. The highest BCUT2D eigenvalue weighted by molar-refractivity contribution is 6.04. The normalized spacial score (nSPS) is 15.3. The average molecular weight is 432 g/mol. The summed E-state index contributed by atoms with van der Waals surface area (Å²) in [5.74, 6) is 0.612. The summed E-state index contributed by atoms with van der Waals surface area (Å²) in [6.07, 6.45) is 0. The van der Waals surface area contributed by atoms with E-state index in [1.54, 1.807) is 24.1 Å². The Bertz CT molecular complexity index is 1170. The number of rotatable bonds is 6. The number of amides is 1. The fourth-order valence-corrected chi connectivity index (χ4v) is 3.76. The summed E-state index contributed by atoms with van der Waals surface area (Å²) >= 11 is 0. The fraction of sp³-hybridized carbons (Fsp3) is 0.208. The summed E-state index contributed by atoms with van der Waals surface area (Å²) < 4.78 is 5.35. The number of ether oxygens (including phenoxy) is 1. The number of carbonyl (C=O) groups is 2. The third-order valence-electron chi connectivity index (χ3n) is 5.55. The lowest BCUT2D eigenvalue weighted by Crippen LogP contribution is -2.50. The van der Waals surface area contributed by atoms with Gasteiger partial charge in [0.1, 0.15) is 17.6 Å². The molecule has 0 spiro atoms. The van der Waals surface area contributed by atoms with Crippen LogP contribution in [0.4, 0.5) is 23.0 Å². The number of benzene rings is 2. The van der Waals surface area contributed by atoms with E-state index in [-0.39, 0.29) is 17.5 Å². The molecule has 1 atom stereocenters. The van der Waals surface area contributed by atoms with Crippen molar-refractivity contribution in [1.82, 2.24) is 4.98 Å². The Kier molecular flexibility index (Phi) is 5.68. The predicted molar refractivity (Wildman–Crippen MR) is 123 cm³/mol. The first-order valence-corrected chi connectivity index (χ1v) is 10.2. The molecule has 2 heterocycles. The molecule has 1 aromatic heterocycles. The van der Waals surface area contributed by atoms with Crippen molar-refractivity contribution in [2.24, 2.45) is 0 Å². The molecular formula is C24H24N4O4. The first-order valence-electron chi connectivity index (χ1n) is 10.2.